The Labute approximate surface area is 588 Å². The van der Waals surface area contributed by atoms with Gasteiger partial charge < -0.3 is 33.8 Å². The van der Waals surface area contributed by atoms with Crippen LogP contribution < -0.4 is 0 Å². The Morgan fingerprint density at radius 2 is 0.500 bits per heavy atom. The van der Waals surface area contributed by atoms with E-state index in [1.807, 2.05) is 0 Å². The molecule has 0 fully saturated rings. The molecule has 17 nitrogen and oxygen atoms in total. The first-order valence-corrected chi connectivity index (χ1v) is 42.8. The molecule has 0 rings (SSSR count). The topological polar surface area (TPSA) is 237 Å². The van der Waals surface area contributed by atoms with Crippen LogP contribution >= 0.6 is 15.6 Å². The fourth-order valence-electron chi connectivity index (χ4n) is 11.7. The fraction of sp³-hybridized carbons (Fsp3) is 0.948. The Balaban J connectivity index is 5.18. The molecule has 0 bridgehead atoms. The highest BCUT2D eigenvalue weighted by Crippen LogP contribution is 2.45. The molecular weight excluding hydrogens is 1260 g/mol. The van der Waals surface area contributed by atoms with Crippen LogP contribution in [-0.4, -0.2) is 96.7 Å². The van der Waals surface area contributed by atoms with Gasteiger partial charge in [-0.3, -0.25) is 37.3 Å². The number of carbonyl (C=O) groups excluding carboxylic acids is 4. The summed E-state index contributed by atoms with van der Waals surface area (Å²) in [6.45, 7) is 14.2. The van der Waals surface area contributed by atoms with E-state index in [4.69, 9.17) is 37.0 Å². The molecule has 0 spiro atoms. The summed E-state index contributed by atoms with van der Waals surface area (Å²) in [6.07, 6.45) is 51.5. The fourth-order valence-corrected chi connectivity index (χ4v) is 13.2. The van der Waals surface area contributed by atoms with Gasteiger partial charge in [0.1, 0.15) is 19.3 Å². The average molecular weight is 1410 g/mol. The first kappa shape index (κ1) is 94.1. The van der Waals surface area contributed by atoms with Crippen molar-refractivity contribution in [3.05, 3.63) is 0 Å². The second kappa shape index (κ2) is 66.3. The second-order valence-corrected chi connectivity index (χ2v) is 32.1. The predicted octanol–water partition coefficient (Wildman–Crippen LogP) is 22.4. The lowest BCUT2D eigenvalue weighted by molar-refractivity contribution is -0.161. The van der Waals surface area contributed by atoms with E-state index in [0.717, 1.165) is 114 Å². The van der Waals surface area contributed by atoms with Gasteiger partial charge in [-0.05, 0) is 49.4 Å². The molecule has 0 aromatic rings. The van der Waals surface area contributed by atoms with Gasteiger partial charge in [-0.1, -0.05) is 338 Å². The molecule has 0 aromatic carbocycles. The minimum absolute atomic E-state index is 0.104. The number of rotatable bonds is 74. The van der Waals surface area contributed by atoms with Crippen LogP contribution in [0.5, 0.6) is 0 Å². The Morgan fingerprint density at radius 3 is 0.740 bits per heavy atom. The highest BCUT2D eigenvalue weighted by molar-refractivity contribution is 7.47. The van der Waals surface area contributed by atoms with E-state index in [9.17, 15) is 43.2 Å². The third-order valence-corrected chi connectivity index (χ3v) is 20.4. The van der Waals surface area contributed by atoms with E-state index >= 15 is 0 Å². The van der Waals surface area contributed by atoms with Gasteiger partial charge in [-0.2, -0.15) is 0 Å². The Hall–Kier alpha value is -1.94. The zero-order valence-electron chi connectivity index (χ0n) is 63.0. The molecule has 0 saturated heterocycles. The molecule has 3 N–H and O–H groups in total. The summed E-state index contributed by atoms with van der Waals surface area (Å²) in [5.74, 6) is 0.970. The van der Waals surface area contributed by atoms with Gasteiger partial charge in [0.05, 0.1) is 26.4 Å². The summed E-state index contributed by atoms with van der Waals surface area (Å²) in [5.41, 5.74) is 0. The van der Waals surface area contributed by atoms with E-state index in [1.54, 1.807) is 0 Å². The number of phosphoric ester groups is 2. The third-order valence-electron chi connectivity index (χ3n) is 18.5. The average Bonchev–Trinajstić information content (AvgIpc) is 1.40. The van der Waals surface area contributed by atoms with Crippen molar-refractivity contribution in [1.82, 2.24) is 0 Å². The maximum Gasteiger partial charge on any atom is 0.472 e. The largest absolute Gasteiger partial charge is 0.472 e. The standard InChI is InChI=1S/C77H150O17P2/c1-9-69(7)55-47-39-30-23-19-15-11-13-17-21-25-32-41-49-57-74(79)87-63-72(94-77(82)60-52-44-34-28-27-29-37-45-53-67(3)4)65-91-95(83,84)89-61-71(78)62-90-96(85,86)92-66-73(64-88-75(80)58-50-42-36-35-38-46-54-68(5)6)93-76(81)59-51-43-33-26-22-18-14-12-16-20-24-31-40-48-56-70(8)10-2/h67-73,78H,9-66H2,1-8H3,(H,83,84)(H,85,86)/t69?,70?,71-,72-,73-/m1/s1. The first-order chi connectivity index (χ1) is 46.2. The molecule has 4 unspecified atom stereocenters. The van der Waals surface area contributed by atoms with Crippen molar-refractivity contribution >= 4 is 39.5 Å². The van der Waals surface area contributed by atoms with Crippen LogP contribution in [0.2, 0.25) is 0 Å². The van der Waals surface area contributed by atoms with Crippen molar-refractivity contribution in [1.29, 1.82) is 0 Å². The summed E-state index contributed by atoms with van der Waals surface area (Å²) < 4.78 is 68.5. The van der Waals surface area contributed by atoms with Gasteiger partial charge >= 0.3 is 39.5 Å². The van der Waals surface area contributed by atoms with E-state index in [2.05, 4.69) is 55.4 Å². The number of phosphoric acid groups is 2. The molecule has 0 aliphatic rings. The van der Waals surface area contributed by atoms with E-state index in [1.165, 1.54) is 186 Å². The highest BCUT2D eigenvalue weighted by atomic mass is 31.2. The van der Waals surface area contributed by atoms with E-state index in [0.29, 0.717) is 31.6 Å². The Bertz CT molecular complexity index is 1890. The maximum atomic E-state index is 13.1. The summed E-state index contributed by atoms with van der Waals surface area (Å²) in [7, 11) is -9.91. The SMILES string of the molecule is CCC(C)CCCCCCCCCCCCCCCCC(=O)OC[C@H](COP(=O)(O)OC[C@@H](O)COP(=O)(O)OC[C@@H](COC(=O)CCCCCCCCC(C)C)OC(=O)CCCCCCCCCCCCCCCCC(C)CC)OC(=O)CCCCCCCCCCC(C)C. The van der Waals surface area contributed by atoms with Crippen molar-refractivity contribution in [3.8, 4) is 0 Å². The Kier molecular flexibility index (Phi) is 65.0. The van der Waals surface area contributed by atoms with Gasteiger partial charge in [0, 0.05) is 25.7 Å². The number of carbonyl (C=O) groups is 4. The number of esters is 4. The predicted molar refractivity (Wildman–Crippen MR) is 391 cm³/mol. The molecule has 570 valence electrons. The summed E-state index contributed by atoms with van der Waals surface area (Å²) in [4.78, 5) is 72.8. The Morgan fingerprint density at radius 1 is 0.292 bits per heavy atom. The second-order valence-electron chi connectivity index (χ2n) is 29.2. The van der Waals surface area contributed by atoms with Crippen LogP contribution in [0.15, 0.2) is 0 Å². The van der Waals surface area contributed by atoms with Crippen LogP contribution in [0, 0.1) is 23.7 Å². The molecule has 0 aliphatic carbocycles. The van der Waals surface area contributed by atoms with E-state index < -0.39 is 97.5 Å². The lowest BCUT2D eigenvalue weighted by Crippen LogP contribution is -2.30. The molecule has 96 heavy (non-hydrogen) atoms. The maximum absolute atomic E-state index is 13.1. The number of hydrogen-bond donors (Lipinski definition) is 3. The minimum Gasteiger partial charge on any atom is -0.462 e. The summed E-state index contributed by atoms with van der Waals surface area (Å²) in [5, 5.41) is 10.6. The summed E-state index contributed by atoms with van der Waals surface area (Å²) >= 11 is 0. The van der Waals surface area contributed by atoms with Crippen molar-refractivity contribution in [2.24, 2.45) is 23.7 Å². The summed E-state index contributed by atoms with van der Waals surface area (Å²) in [6, 6.07) is 0. The van der Waals surface area contributed by atoms with Crippen molar-refractivity contribution < 1.29 is 80.2 Å². The quantitative estimate of drug-likeness (QED) is 0.0222. The highest BCUT2D eigenvalue weighted by Gasteiger charge is 2.30. The van der Waals surface area contributed by atoms with Gasteiger partial charge in [0.15, 0.2) is 12.2 Å². The van der Waals surface area contributed by atoms with Crippen LogP contribution in [0.4, 0.5) is 0 Å². The third kappa shape index (κ3) is 67.9. The number of unbranched alkanes of at least 4 members (excludes halogenated alkanes) is 38. The van der Waals surface area contributed by atoms with Gasteiger partial charge in [-0.15, -0.1) is 0 Å². The van der Waals surface area contributed by atoms with Crippen LogP contribution in [0.25, 0.3) is 0 Å². The first-order valence-electron chi connectivity index (χ1n) is 39.8. The van der Waals surface area contributed by atoms with Crippen molar-refractivity contribution in [2.75, 3.05) is 39.6 Å². The number of hydrogen-bond acceptors (Lipinski definition) is 15. The van der Waals surface area contributed by atoms with Gasteiger partial charge in [-0.25, -0.2) is 9.13 Å². The van der Waals surface area contributed by atoms with Crippen LogP contribution in [0.3, 0.4) is 0 Å². The minimum atomic E-state index is -4.96. The molecular formula is C77H150O17P2. The number of ether oxygens (including phenoxy) is 4. The normalized spacial score (nSPS) is 14.7. The number of aliphatic hydroxyl groups is 1. The van der Waals surface area contributed by atoms with Crippen LogP contribution in [-0.2, 0) is 65.4 Å². The molecule has 7 atom stereocenters. The monoisotopic (exact) mass is 1410 g/mol. The zero-order chi connectivity index (χ0) is 71.0. The van der Waals surface area contributed by atoms with Gasteiger partial charge in [0.25, 0.3) is 0 Å². The molecule has 0 saturated carbocycles. The van der Waals surface area contributed by atoms with Gasteiger partial charge in [0.2, 0.25) is 0 Å². The molecule has 0 aliphatic heterocycles. The van der Waals surface area contributed by atoms with Crippen molar-refractivity contribution in [3.63, 3.8) is 0 Å². The molecule has 19 heteroatoms. The smallest absolute Gasteiger partial charge is 0.462 e. The van der Waals surface area contributed by atoms with Crippen molar-refractivity contribution in [2.45, 2.75) is 408 Å². The molecule has 0 heterocycles. The lowest BCUT2D eigenvalue weighted by Gasteiger charge is -2.21. The van der Waals surface area contributed by atoms with E-state index in [-0.39, 0.29) is 25.7 Å². The molecule has 0 radical (unpaired) electrons. The lowest BCUT2D eigenvalue weighted by atomic mass is 9.99. The zero-order valence-corrected chi connectivity index (χ0v) is 64.8. The van der Waals surface area contributed by atoms with Crippen LogP contribution in [0.1, 0.15) is 389 Å². The molecule has 0 amide bonds. The molecule has 0 aromatic heterocycles. The number of aliphatic hydroxyl groups excluding tert-OH is 1.